The Bertz CT molecular complexity index is 499. The zero-order chi connectivity index (χ0) is 13.7. The molecule has 1 aromatic rings. The van der Waals surface area contributed by atoms with Gasteiger partial charge in [0.25, 0.3) is 5.91 Å². The molecule has 1 amide bonds. The number of carbonyl (C=O) groups is 1. The predicted molar refractivity (Wildman–Crippen MR) is 77.5 cm³/mol. The van der Waals surface area contributed by atoms with Crippen LogP contribution in [0.2, 0.25) is 0 Å². The molecule has 0 unspecified atom stereocenters. The highest BCUT2D eigenvalue weighted by molar-refractivity contribution is 7.10. The van der Waals surface area contributed by atoms with E-state index >= 15 is 0 Å². The highest BCUT2D eigenvalue weighted by Gasteiger charge is 2.23. The van der Waals surface area contributed by atoms with Gasteiger partial charge >= 0.3 is 0 Å². The monoisotopic (exact) mass is 274 g/mol. The normalized spacial score (nSPS) is 23.7. The van der Waals surface area contributed by atoms with Crippen LogP contribution in [0.4, 0.5) is 0 Å². The van der Waals surface area contributed by atoms with Crippen LogP contribution >= 0.6 is 11.3 Å². The van der Waals surface area contributed by atoms with Gasteiger partial charge in [0, 0.05) is 10.9 Å². The number of nitriles is 1. The summed E-state index contributed by atoms with van der Waals surface area (Å²) < 4.78 is 0. The number of amides is 1. The first-order chi connectivity index (χ1) is 9.20. The third-order valence-electron chi connectivity index (χ3n) is 3.62. The van der Waals surface area contributed by atoms with Crippen molar-refractivity contribution in [2.24, 2.45) is 5.92 Å². The fraction of sp³-hybridized carbons (Fsp3) is 0.467. The quantitative estimate of drug-likeness (QED) is 0.679. The summed E-state index contributed by atoms with van der Waals surface area (Å²) in [6, 6.07) is 6.02. The van der Waals surface area contributed by atoms with Gasteiger partial charge in [0.1, 0.15) is 11.6 Å². The second kappa shape index (κ2) is 6.53. The van der Waals surface area contributed by atoms with E-state index in [1.807, 2.05) is 23.6 Å². The topological polar surface area (TPSA) is 52.9 Å². The predicted octanol–water partition coefficient (Wildman–Crippen LogP) is 3.35. The molecule has 1 aliphatic carbocycles. The van der Waals surface area contributed by atoms with Crippen LogP contribution in [-0.2, 0) is 4.79 Å². The van der Waals surface area contributed by atoms with Crippen molar-refractivity contribution in [3.05, 3.63) is 28.0 Å². The van der Waals surface area contributed by atoms with Crippen molar-refractivity contribution in [3.63, 3.8) is 0 Å². The van der Waals surface area contributed by atoms with E-state index in [0.717, 1.165) is 24.1 Å². The number of hydrogen-bond acceptors (Lipinski definition) is 3. The molecule has 0 spiro atoms. The molecule has 0 saturated heterocycles. The lowest BCUT2D eigenvalue weighted by Gasteiger charge is -2.29. The zero-order valence-electron chi connectivity index (χ0n) is 11.1. The van der Waals surface area contributed by atoms with E-state index in [1.54, 1.807) is 6.08 Å². The molecule has 1 saturated carbocycles. The van der Waals surface area contributed by atoms with E-state index in [9.17, 15) is 4.79 Å². The smallest absolute Gasteiger partial charge is 0.262 e. The SMILES string of the molecule is C[C@@H]1CCCC[C@@H]1NC(=O)/C(C#N)=C\c1cccs1. The van der Waals surface area contributed by atoms with Crippen molar-refractivity contribution < 1.29 is 4.79 Å². The number of hydrogen-bond donors (Lipinski definition) is 1. The molecule has 0 aliphatic heterocycles. The van der Waals surface area contributed by atoms with E-state index in [1.165, 1.54) is 17.8 Å². The van der Waals surface area contributed by atoms with Gasteiger partial charge in [0.2, 0.25) is 0 Å². The van der Waals surface area contributed by atoms with Crippen LogP contribution in [-0.4, -0.2) is 11.9 Å². The van der Waals surface area contributed by atoms with Gasteiger partial charge in [-0.2, -0.15) is 5.26 Å². The van der Waals surface area contributed by atoms with Gasteiger partial charge in [0.15, 0.2) is 0 Å². The molecule has 19 heavy (non-hydrogen) atoms. The third kappa shape index (κ3) is 3.68. The Hall–Kier alpha value is -1.60. The lowest BCUT2D eigenvalue weighted by atomic mass is 9.86. The second-order valence-electron chi connectivity index (χ2n) is 5.03. The first kappa shape index (κ1) is 13.8. The molecular formula is C15H18N2OS. The summed E-state index contributed by atoms with van der Waals surface area (Å²) in [6.07, 6.45) is 6.23. The van der Waals surface area contributed by atoms with Gasteiger partial charge in [-0.1, -0.05) is 25.8 Å². The molecule has 2 atom stereocenters. The summed E-state index contributed by atoms with van der Waals surface area (Å²) in [5.74, 6) is 0.258. The number of nitrogens with one attached hydrogen (secondary N) is 1. The maximum absolute atomic E-state index is 12.1. The minimum Gasteiger partial charge on any atom is -0.348 e. The van der Waals surface area contributed by atoms with Gasteiger partial charge in [-0.3, -0.25) is 4.79 Å². The third-order valence-corrected chi connectivity index (χ3v) is 4.44. The van der Waals surface area contributed by atoms with Crippen LogP contribution in [0.3, 0.4) is 0 Å². The Morgan fingerprint density at radius 1 is 1.53 bits per heavy atom. The average molecular weight is 274 g/mol. The minimum absolute atomic E-state index is 0.195. The largest absolute Gasteiger partial charge is 0.348 e. The first-order valence-electron chi connectivity index (χ1n) is 6.67. The van der Waals surface area contributed by atoms with Crippen molar-refractivity contribution in [2.75, 3.05) is 0 Å². The number of carbonyl (C=O) groups excluding carboxylic acids is 1. The Kier molecular flexibility index (Phi) is 4.75. The second-order valence-corrected chi connectivity index (χ2v) is 6.01. The summed E-state index contributed by atoms with van der Waals surface area (Å²) in [5, 5.41) is 14.1. The van der Waals surface area contributed by atoms with Gasteiger partial charge in [-0.15, -0.1) is 11.3 Å². The summed E-state index contributed by atoms with van der Waals surface area (Å²) in [7, 11) is 0. The molecule has 1 fully saturated rings. The molecular weight excluding hydrogens is 256 g/mol. The molecule has 1 N–H and O–H groups in total. The van der Waals surface area contributed by atoms with E-state index in [4.69, 9.17) is 5.26 Å². The van der Waals surface area contributed by atoms with Gasteiger partial charge in [-0.05, 0) is 36.3 Å². The highest BCUT2D eigenvalue weighted by Crippen LogP contribution is 2.24. The highest BCUT2D eigenvalue weighted by atomic mass is 32.1. The molecule has 3 nitrogen and oxygen atoms in total. The van der Waals surface area contributed by atoms with E-state index < -0.39 is 0 Å². The van der Waals surface area contributed by atoms with Gasteiger partial charge < -0.3 is 5.32 Å². The zero-order valence-corrected chi connectivity index (χ0v) is 11.9. The van der Waals surface area contributed by atoms with Crippen LogP contribution in [0.25, 0.3) is 6.08 Å². The summed E-state index contributed by atoms with van der Waals surface area (Å²) in [6.45, 7) is 2.17. The first-order valence-corrected chi connectivity index (χ1v) is 7.55. The van der Waals surface area contributed by atoms with E-state index in [-0.39, 0.29) is 17.5 Å². The summed E-state index contributed by atoms with van der Waals surface area (Å²) in [5.41, 5.74) is 0.195. The summed E-state index contributed by atoms with van der Waals surface area (Å²) >= 11 is 1.52. The van der Waals surface area contributed by atoms with Crippen LogP contribution in [0.15, 0.2) is 23.1 Å². The Labute approximate surface area is 117 Å². The fourth-order valence-electron chi connectivity index (χ4n) is 2.44. The maximum Gasteiger partial charge on any atom is 0.262 e. The van der Waals surface area contributed by atoms with Crippen LogP contribution < -0.4 is 5.32 Å². The van der Waals surface area contributed by atoms with Crippen LogP contribution in [0.5, 0.6) is 0 Å². The van der Waals surface area contributed by atoms with Crippen molar-refractivity contribution in [1.82, 2.24) is 5.32 Å². The molecule has 0 radical (unpaired) electrons. The van der Waals surface area contributed by atoms with Gasteiger partial charge in [-0.25, -0.2) is 0 Å². The minimum atomic E-state index is -0.241. The molecule has 1 aromatic heterocycles. The number of nitrogens with zero attached hydrogens (tertiary/aromatic N) is 1. The molecule has 0 aromatic carbocycles. The van der Waals surface area contributed by atoms with Crippen molar-refractivity contribution >= 4 is 23.3 Å². The Morgan fingerprint density at radius 2 is 2.32 bits per heavy atom. The molecule has 1 aliphatic rings. The molecule has 100 valence electrons. The average Bonchev–Trinajstić information content (AvgIpc) is 2.91. The number of thiophene rings is 1. The molecule has 1 heterocycles. The molecule has 4 heteroatoms. The molecule has 2 rings (SSSR count). The van der Waals surface area contributed by atoms with Crippen LogP contribution in [0, 0.1) is 17.2 Å². The van der Waals surface area contributed by atoms with E-state index in [2.05, 4.69) is 12.2 Å². The standard InChI is InChI=1S/C15H18N2OS/c1-11-5-2-3-7-14(11)17-15(18)12(10-16)9-13-6-4-8-19-13/h4,6,8-9,11,14H,2-3,5,7H2,1H3,(H,17,18)/b12-9-/t11-,14+/m1/s1. The fourth-order valence-corrected chi connectivity index (χ4v) is 3.10. The molecule has 0 bridgehead atoms. The van der Waals surface area contributed by atoms with Crippen molar-refractivity contribution in [3.8, 4) is 6.07 Å². The lowest BCUT2D eigenvalue weighted by Crippen LogP contribution is -2.41. The Balaban J connectivity index is 2.03. The number of rotatable bonds is 3. The van der Waals surface area contributed by atoms with E-state index in [0.29, 0.717) is 5.92 Å². The van der Waals surface area contributed by atoms with Crippen LogP contribution in [0.1, 0.15) is 37.5 Å². The Morgan fingerprint density at radius 3 is 2.95 bits per heavy atom. The summed E-state index contributed by atoms with van der Waals surface area (Å²) in [4.78, 5) is 13.1. The van der Waals surface area contributed by atoms with Crippen molar-refractivity contribution in [1.29, 1.82) is 5.26 Å². The van der Waals surface area contributed by atoms with Gasteiger partial charge in [0.05, 0.1) is 0 Å². The maximum atomic E-state index is 12.1. The lowest BCUT2D eigenvalue weighted by molar-refractivity contribution is -0.118. The van der Waals surface area contributed by atoms with Crippen molar-refractivity contribution in [2.45, 2.75) is 38.6 Å².